The molecule has 126 valence electrons. The Morgan fingerprint density at radius 1 is 0.864 bits per heavy atom. The van der Waals surface area contributed by atoms with Crippen molar-refractivity contribution < 1.29 is 23.4 Å². The fraction of sp³-hybridized carbons (Fsp3) is 0.647. The first kappa shape index (κ1) is 19.0. The molecular weight excluding hydrogens is 293 g/mol. The van der Waals surface area contributed by atoms with E-state index < -0.39 is 18.2 Å². The van der Waals surface area contributed by atoms with Gasteiger partial charge in [-0.25, -0.2) is 0 Å². The quantitative estimate of drug-likeness (QED) is 0.633. The molecule has 22 heavy (non-hydrogen) atoms. The summed E-state index contributed by atoms with van der Waals surface area (Å²) in [7, 11) is 0. The topological polar surface area (TPSA) is 40.5 Å². The van der Waals surface area contributed by atoms with Gasteiger partial charge >= 0.3 is 6.18 Å². The number of aliphatic hydroxyl groups excluding tert-OH is 1. The maximum atomic E-state index is 12.7. The lowest BCUT2D eigenvalue weighted by atomic mass is 9.86. The fourth-order valence-electron chi connectivity index (χ4n) is 2.62. The van der Waals surface area contributed by atoms with Gasteiger partial charge in [-0.15, -0.1) is 0 Å². The van der Waals surface area contributed by atoms with E-state index in [0.29, 0.717) is 19.3 Å². The van der Waals surface area contributed by atoms with Crippen molar-refractivity contribution in [1.29, 1.82) is 0 Å². The van der Waals surface area contributed by atoms with Crippen LogP contribution >= 0.6 is 0 Å². The first-order chi connectivity index (χ1) is 10.3. The smallest absolute Gasteiger partial charge is 0.391 e. The van der Waals surface area contributed by atoms with Gasteiger partial charge in [0.1, 0.15) is 0 Å². The molecule has 0 spiro atoms. The van der Waals surface area contributed by atoms with Gasteiger partial charge < -0.3 is 10.2 Å². The molecule has 0 aromatic heterocycles. The van der Waals surface area contributed by atoms with Crippen LogP contribution in [0.1, 0.15) is 50.5 Å². The Morgan fingerprint density at radius 3 is 2.09 bits per heavy atom. The molecule has 0 aliphatic carbocycles. The molecule has 0 heterocycles. The van der Waals surface area contributed by atoms with Crippen LogP contribution in [0.2, 0.25) is 0 Å². The zero-order valence-electron chi connectivity index (χ0n) is 12.8. The average Bonchev–Trinajstić information content (AvgIpc) is 2.44. The molecule has 0 radical (unpaired) electrons. The molecule has 1 rings (SSSR count). The Labute approximate surface area is 130 Å². The number of benzene rings is 1. The average molecular weight is 318 g/mol. The third kappa shape index (κ3) is 8.39. The number of aliphatic hydroxyl groups is 2. The van der Waals surface area contributed by atoms with E-state index in [2.05, 4.69) is 0 Å². The van der Waals surface area contributed by atoms with Gasteiger partial charge in [-0.1, -0.05) is 49.6 Å². The lowest BCUT2D eigenvalue weighted by molar-refractivity contribution is -0.179. The van der Waals surface area contributed by atoms with Crippen LogP contribution in [-0.4, -0.2) is 28.6 Å². The van der Waals surface area contributed by atoms with Crippen LogP contribution in [0, 0.1) is 0 Å². The minimum Gasteiger partial charge on any atom is -0.396 e. The second-order valence-corrected chi connectivity index (χ2v) is 5.89. The highest BCUT2D eigenvalue weighted by molar-refractivity contribution is 5.15. The van der Waals surface area contributed by atoms with Crippen LogP contribution in [0.4, 0.5) is 13.2 Å². The van der Waals surface area contributed by atoms with Gasteiger partial charge in [-0.2, -0.15) is 13.2 Å². The van der Waals surface area contributed by atoms with E-state index in [4.69, 9.17) is 5.11 Å². The Hall–Kier alpha value is -1.07. The van der Waals surface area contributed by atoms with Gasteiger partial charge in [0.05, 0.1) is 12.0 Å². The largest absolute Gasteiger partial charge is 0.396 e. The molecule has 1 aromatic carbocycles. The molecule has 1 aromatic rings. The Morgan fingerprint density at radius 2 is 1.50 bits per heavy atom. The van der Waals surface area contributed by atoms with Gasteiger partial charge in [0.2, 0.25) is 0 Å². The first-order valence-electron chi connectivity index (χ1n) is 7.79. The van der Waals surface area contributed by atoms with E-state index in [9.17, 15) is 18.3 Å². The predicted octanol–water partition coefficient (Wildman–Crippen LogP) is 4.25. The highest BCUT2D eigenvalue weighted by atomic mass is 19.4. The summed E-state index contributed by atoms with van der Waals surface area (Å²) in [5.41, 5.74) is -0.767. The fourth-order valence-corrected chi connectivity index (χ4v) is 2.62. The minimum atomic E-state index is -4.36. The van der Waals surface area contributed by atoms with E-state index in [1.54, 1.807) is 0 Å². The summed E-state index contributed by atoms with van der Waals surface area (Å²) in [5, 5.41) is 19.1. The number of hydrogen-bond donors (Lipinski definition) is 2. The number of hydrogen-bond acceptors (Lipinski definition) is 2. The molecule has 2 N–H and O–H groups in total. The van der Waals surface area contributed by atoms with Gasteiger partial charge in [0.25, 0.3) is 0 Å². The standard InChI is InChI=1S/C17H25F3O2/c18-17(19,20)14-16(22,11-6-1-2-7-13-21)12-10-15-8-4-3-5-9-15/h3-5,8-9,21-22H,1-2,6-7,10-14H2. The van der Waals surface area contributed by atoms with Crippen molar-refractivity contribution in [3.8, 4) is 0 Å². The van der Waals surface area contributed by atoms with Gasteiger partial charge in [0, 0.05) is 6.61 Å². The van der Waals surface area contributed by atoms with E-state index in [-0.39, 0.29) is 19.4 Å². The lowest BCUT2D eigenvalue weighted by Crippen LogP contribution is -2.35. The predicted molar refractivity (Wildman–Crippen MR) is 80.6 cm³/mol. The van der Waals surface area contributed by atoms with E-state index in [1.165, 1.54) is 0 Å². The monoisotopic (exact) mass is 318 g/mol. The van der Waals surface area contributed by atoms with E-state index >= 15 is 0 Å². The van der Waals surface area contributed by atoms with Crippen LogP contribution in [0.5, 0.6) is 0 Å². The van der Waals surface area contributed by atoms with Gasteiger partial charge in [-0.05, 0) is 31.2 Å². The summed E-state index contributed by atoms with van der Waals surface area (Å²) < 4.78 is 38.1. The maximum absolute atomic E-state index is 12.7. The normalized spacial score (nSPS) is 14.8. The zero-order chi connectivity index (χ0) is 16.5. The Kier molecular flexibility index (Phi) is 7.90. The zero-order valence-corrected chi connectivity index (χ0v) is 12.8. The molecule has 1 unspecified atom stereocenters. The highest BCUT2D eigenvalue weighted by Crippen LogP contribution is 2.34. The molecule has 0 saturated heterocycles. The molecule has 2 nitrogen and oxygen atoms in total. The molecular formula is C17H25F3O2. The third-order valence-electron chi connectivity index (χ3n) is 3.80. The van der Waals surface area contributed by atoms with Gasteiger partial charge in [-0.3, -0.25) is 0 Å². The summed E-state index contributed by atoms with van der Waals surface area (Å²) in [6.45, 7) is 0.0980. The van der Waals surface area contributed by atoms with Crippen LogP contribution < -0.4 is 0 Å². The van der Waals surface area contributed by atoms with Crippen molar-refractivity contribution in [2.45, 2.75) is 63.1 Å². The van der Waals surface area contributed by atoms with Crippen LogP contribution in [0.25, 0.3) is 0 Å². The lowest BCUT2D eigenvalue weighted by Gasteiger charge is -2.29. The summed E-state index contributed by atoms with van der Waals surface area (Å²) >= 11 is 0. The summed E-state index contributed by atoms with van der Waals surface area (Å²) in [6.07, 6.45) is -2.14. The second-order valence-electron chi connectivity index (χ2n) is 5.89. The van der Waals surface area contributed by atoms with Crippen molar-refractivity contribution in [2.24, 2.45) is 0 Å². The summed E-state index contributed by atoms with van der Waals surface area (Å²) in [5.74, 6) is 0. The van der Waals surface area contributed by atoms with Crippen molar-refractivity contribution in [2.75, 3.05) is 6.61 Å². The van der Waals surface area contributed by atoms with Crippen LogP contribution in [0.15, 0.2) is 30.3 Å². The molecule has 0 amide bonds. The van der Waals surface area contributed by atoms with Crippen LogP contribution in [-0.2, 0) is 6.42 Å². The molecule has 0 saturated carbocycles. The molecule has 0 aliphatic heterocycles. The van der Waals surface area contributed by atoms with Crippen molar-refractivity contribution >= 4 is 0 Å². The van der Waals surface area contributed by atoms with Gasteiger partial charge in [0.15, 0.2) is 0 Å². The molecule has 5 heteroatoms. The molecule has 0 aliphatic rings. The Balaban J connectivity index is 2.53. The summed E-state index contributed by atoms with van der Waals surface area (Å²) in [4.78, 5) is 0. The number of rotatable bonds is 10. The second kappa shape index (κ2) is 9.16. The number of halogens is 3. The van der Waals surface area contributed by atoms with Crippen LogP contribution in [0.3, 0.4) is 0 Å². The SMILES string of the molecule is OCCCCCCC(O)(CCc1ccccc1)CC(F)(F)F. The first-order valence-corrected chi connectivity index (χ1v) is 7.79. The molecule has 0 fully saturated rings. The van der Waals surface area contributed by atoms with Crippen molar-refractivity contribution in [3.63, 3.8) is 0 Å². The molecule has 0 bridgehead atoms. The Bertz CT molecular complexity index is 406. The van der Waals surface area contributed by atoms with Crippen molar-refractivity contribution in [3.05, 3.63) is 35.9 Å². The molecule has 1 atom stereocenters. The highest BCUT2D eigenvalue weighted by Gasteiger charge is 2.40. The third-order valence-corrected chi connectivity index (χ3v) is 3.80. The minimum absolute atomic E-state index is 0.0980. The van der Waals surface area contributed by atoms with E-state index in [1.807, 2.05) is 30.3 Å². The number of alkyl halides is 3. The van der Waals surface area contributed by atoms with Crippen molar-refractivity contribution in [1.82, 2.24) is 0 Å². The maximum Gasteiger partial charge on any atom is 0.391 e. The van der Waals surface area contributed by atoms with E-state index in [0.717, 1.165) is 18.4 Å². The summed E-state index contributed by atoms with van der Waals surface area (Å²) in [6, 6.07) is 9.25. The number of unbranched alkanes of at least 4 members (excludes halogenated alkanes) is 3. The number of aryl methyl sites for hydroxylation is 1.